The van der Waals surface area contributed by atoms with Gasteiger partial charge in [-0.15, -0.1) is 11.3 Å². The van der Waals surface area contributed by atoms with Gasteiger partial charge < -0.3 is 10.4 Å². The van der Waals surface area contributed by atoms with Gasteiger partial charge in [0, 0.05) is 5.54 Å². The molecule has 0 aromatic carbocycles. The van der Waals surface area contributed by atoms with Crippen LogP contribution in [0.2, 0.25) is 0 Å². The van der Waals surface area contributed by atoms with Gasteiger partial charge in [0.25, 0.3) is 5.91 Å². The fourth-order valence-corrected chi connectivity index (χ4v) is 5.88. The van der Waals surface area contributed by atoms with E-state index in [0.29, 0.717) is 4.88 Å². The van der Waals surface area contributed by atoms with Crippen LogP contribution in [0.1, 0.15) is 57.9 Å². The van der Waals surface area contributed by atoms with Crippen LogP contribution in [0, 0.1) is 17.8 Å². The Morgan fingerprint density at radius 2 is 1.57 bits per heavy atom. The molecule has 2 N–H and O–H groups in total. The van der Waals surface area contributed by atoms with Gasteiger partial charge in [-0.1, -0.05) is 0 Å². The van der Waals surface area contributed by atoms with Crippen LogP contribution in [0.25, 0.3) is 0 Å². The van der Waals surface area contributed by atoms with E-state index >= 15 is 0 Å². The molecule has 4 saturated carbocycles. The summed E-state index contributed by atoms with van der Waals surface area (Å²) in [6.07, 6.45) is 7.37. The highest BCUT2D eigenvalue weighted by Gasteiger charge is 2.51. The van der Waals surface area contributed by atoms with Crippen molar-refractivity contribution in [3.05, 3.63) is 21.9 Å². The van der Waals surface area contributed by atoms with Crippen molar-refractivity contribution in [2.45, 2.75) is 44.1 Å². The van der Waals surface area contributed by atoms with Gasteiger partial charge in [0.2, 0.25) is 0 Å². The van der Waals surface area contributed by atoms with Gasteiger partial charge in [0.05, 0.1) is 4.88 Å². The Morgan fingerprint density at radius 3 is 2.05 bits per heavy atom. The zero-order valence-electron chi connectivity index (χ0n) is 11.8. The topological polar surface area (TPSA) is 66.4 Å². The highest BCUT2D eigenvalue weighted by atomic mass is 32.1. The van der Waals surface area contributed by atoms with Crippen molar-refractivity contribution in [2.75, 3.05) is 0 Å². The van der Waals surface area contributed by atoms with E-state index in [2.05, 4.69) is 5.32 Å². The van der Waals surface area contributed by atoms with Crippen LogP contribution in [0.3, 0.4) is 0 Å². The highest BCUT2D eigenvalue weighted by Crippen LogP contribution is 2.55. The Hall–Kier alpha value is -1.36. The van der Waals surface area contributed by atoms with Crippen molar-refractivity contribution in [1.29, 1.82) is 0 Å². The molecular weight excluding hydrogens is 286 g/mol. The van der Waals surface area contributed by atoms with Crippen molar-refractivity contribution in [1.82, 2.24) is 5.32 Å². The molecule has 4 fully saturated rings. The molecule has 0 radical (unpaired) electrons. The van der Waals surface area contributed by atoms with E-state index in [1.54, 1.807) is 6.07 Å². The minimum absolute atomic E-state index is 0.0147. The maximum absolute atomic E-state index is 12.5. The minimum Gasteiger partial charge on any atom is -0.477 e. The first-order chi connectivity index (χ1) is 10.0. The molecule has 0 saturated heterocycles. The van der Waals surface area contributed by atoms with Crippen molar-refractivity contribution < 1.29 is 14.7 Å². The van der Waals surface area contributed by atoms with Crippen LogP contribution < -0.4 is 5.32 Å². The lowest BCUT2D eigenvalue weighted by Gasteiger charge is -2.56. The Morgan fingerprint density at radius 1 is 1.05 bits per heavy atom. The zero-order chi connectivity index (χ0) is 14.6. The number of hydrogen-bond donors (Lipinski definition) is 2. The predicted octanol–water partition coefficient (Wildman–Crippen LogP) is 3.14. The number of carboxylic acids is 1. The highest BCUT2D eigenvalue weighted by molar-refractivity contribution is 7.15. The van der Waals surface area contributed by atoms with Crippen molar-refractivity contribution >= 4 is 23.2 Å². The molecule has 112 valence electrons. The summed E-state index contributed by atoms with van der Waals surface area (Å²) in [6, 6.07) is 3.14. The van der Waals surface area contributed by atoms with Crippen LogP contribution in [0.4, 0.5) is 0 Å². The first-order valence-corrected chi connectivity index (χ1v) is 8.50. The Bertz CT molecular complexity index is 571. The van der Waals surface area contributed by atoms with E-state index in [0.717, 1.165) is 48.4 Å². The van der Waals surface area contributed by atoms with E-state index in [1.807, 2.05) is 0 Å². The monoisotopic (exact) mass is 305 g/mol. The number of rotatable bonds is 3. The van der Waals surface area contributed by atoms with E-state index in [4.69, 9.17) is 5.11 Å². The first-order valence-electron chi connectivity index (χ1n) is 7.69. The predicted molar refractivity (Wildman–Crippen MR) is 79.6 cm³/mol. The van der Waals surface area contributed by atoms with E-state index < -0.39 is 5.97 Å². The molecule has 4 aliphatic carbocycles. The molecule has 1 aromatic heterocycles. The van der Waals surface area contributed by atoms with Gasteiger partial charge in [-0.05, 0) is 68.4 Å². The Labute approximate surface area is 127 Å². The summed E-state index contributed by atoms with van der Waals surface area (Å²) in [5.41, 5.74) is -0.0147. The summed E-state index contributed by atoms with van der Waals surface area (Å²) in [5.74, 6) is 1.31. The second kappa shape index (κ2) is 4.57. The maximum atomic E-state index is 12.5. The summed E-state index contributed by atoms with van der Waals surface area (Å²) in [7, 11) is 0. The Balaban J connectivity index is 1.52. The van der Waals surface area contributed by atoms with Crippen LogP contribution in [0.15, 0.2) is 12.1 Å². The SMILES string of the molecule is O=C(O)c1ccc(C(=O)NC23CC4CC(CC(C4)C2)C3)s1. The zero-order valence-corrected chi connectivity index (χ0v) is 12.6. The molecule has 1 amide bonds. The van der Waals surface area contributed by atoms with Crippen molar-refractivity contribution in [2.24, 2.45) is 17.8 Å². The van der Waals surface area contributed by atoms with Gasteiger partial charge in [0.15, 0.2) is 0 Å². The molecule has 21 heavy (non-hydrogen) atoms. The van der Waals surface area contributed by atoms with Crippen molar-refractivity contribution in [3.63, 3.8) is 0 Å². The average Bonchev–Trinajstić information content (AvgIpc) is 2.85. The smallest absolute Gasteiger partial charge is 0.345 e. The minimum atomic E-state index is -0.964. The van der Waals surface area contributed by atoms with Crippen LogP contribution in [0.5, 0.6) is 0 Å². The van der Waals surface area contributed by atoms with Crippen LogP contribution in [-0.4, -0.2) is 22.5 Å². The lowest BCUT2D eigenvalue weighted by molar-refractivity contribution is -0.0166. The molecule has 1 heterocycles. The summed E-state index contributed by atoms with van der Waals surface area (Å²) in [6.45, 7) is 0. The van der Waals surface area contributed by atoms with Gasteiger partial charge in [-0.3, -0.25) is 4.79 Å². The van der Waals surface area contributed by atoms with Gasteiger partial charge >= 0.3 is 5.97 Å². The summed E-state index contributed by atoms with van der Waals surface area (Å²) in [5, 5.41) is 12.2. The number of carboxylic acid groups (broad SMARTS) is 1. The standard InChI is InChI=1S/C16H19NO3S/c18-14(12-1-2-13(21-12)15(19)20)17-16-6-9-3-10(7-16)5-11(4-9)8-16/h1-2,9-11H,3-8H2,(H,17,18)(H,19,20). The number of carbonyl (C=O) groups is 2. The number of carbonyl (C=O) groups excluding carboxylic acids is 1. The van der Waals surface area contributed by atoms with E-state index in [1.165, 1.54) is 25.3 Å². The molecule has 1 aromatic rings. The summed E-state index contributed by atoms with van der Waals surface area (Å²) < 4.78 is 0. The lowest BCUT2D eigenvalue weighted by atomic mass is 9.53. The fourth-order valence-electron chi connectivity index (χ4n) is 5.14. The third-order valence-electron chi connectivity index (χ3n) is 5.46. The first kappa shape index (κ1) is 13.3. The molecule has 0 spiro atoms. The molecule has 4 bridgehead atoms. The largest absolute Gasteiger partial charge is 0.477 e. The van der Waals surface area contributed by atoms with E-state index in [9.17, 15) is 9.59 Å². The molecule has 5 rings (SSSR count). The van der Waals surface area contributed by atoms with Gasteiger partial charge in [0.1, 0.15) is 4.88 Å². The lowest BCUT2D eigenvalue weighted by Crippen LogP contribution is -2.59. The third-order valence-corrected chi connectivity index (χ3v) is 6.53. The van der Waals surface area contributed by atoms with Gasteiger partial charge in [-0.2, -0.15) is 0 Å². The Kier molecular flexibility index (Phi) is 2.89. The number of thiophene rings is 1. The summed E-state index contributed by atoms with van der Waals surface area (Å²) >= 11 is 1.07. The van der Waals surface area contributed by atoms with Crippen LogP contribution in [-0.2, 0) is 0 Å². The summed E-state index contributed by atoms with van der Waals surface area (Å²) in [4.78, 5) is 24.1. The van der Waals surface area contributed by atoms with Crippen molar-refractivity contribution in [3.8, 4) is 0 Å². The molecule has 5 heteroatoms. The van der Waals surface area contributed by atoms with Gasteiger partial charge in [-0.25, -0.2) is 4.79 Å². The molecule has 0 unspecified atom stereocenters. The van der Waals surface area contributed by atoms with Crippen LogP contribution >= 0.6 is 11.3 Å². The molecule has 0 aliphatic heterocycles. The molecule has 4 nitrogen and oxygen atoms in total. The number of hydrogen-bond acceptors (Lipinski definition) is 3. The fraction of sp³-hybridized carbons (Fsp3) is 0.625. The second-order valence-electron chi connectivity index (χ2n) is 7.12. The quantitative estimate of drug-likeness (QED) is 0.901. The van der Waals surface area contributed by atoms with E-state index in [-0.39, 0.29) is 16.3 Å². The average molecular weight is 305 g/mol. The molecule has 0 atom stereocenters. The molecular formula is C16H19NO3S. The normalized spacial score (nSPS) is 36.7. The molecule has 4 aliphatic rings. The number of aromatic carboxylic acids is 1. The number of nitrogens with one attached hydrogen (secondary N) is 1. The third kappa shape index (κ3) is 2.27. The second-order valence-corrected chi connectivity index (χ2v) is 8.20. The number of amides is 1. The maximum Gasteiger partial charge on any atom is 0.345 e.